The molecule has 32 heavy (non-hydrogen) atoms. The van der Waals surface area contributed by atoms with Crippen molar-refractivity contribution in [2.24, 2.45) is 0 Å². The van der Waals surface area contributed by atoms with Gasteiger partial charge in [0.15, 0.2) is 6.61 Å². The largest absolute Gasteiger partial charge is 0.467 e. The molecular formula is C25H30N4O3. The Hall–Kier alpha value is -3.16. The summed E-state index contributed by atoms with van der Waals surface area (Å²) in [6, 6.07) is 17.7. The molecule has 0 radical (unpaired) electrons. The number of benzene rings is 2. The van der Waals surface area contributed by atoms with Crippen molar-refractivity contribution < 1.29 is 14.6 Å². The van der Waals surface area contributed by atoms with Crippen LogP contribution in [0.2, 0.25) is 0 Å². The lowest BCUT2D eigenvalue weighted by Gasteiger charge is -2.32. The summed E-state index contributed by atoms with van der Waals surface area (Å²) in [6.07, 6.45) is 2.19. The van der Waals surface area contributed by atoms with Gasteiger partial charge >= 0.3 is 0 Å². The lowest BCUT2D eigenvalue weighted by Crippen LogP contribution is -2.41. The van der Waals surface area contributed by atoms with Gasteiger partial charge in [0.05, 0.1) is 24.0 Å². The minimum Gasteiger partial charge on any atom is -0.467 e. The van der Waals surface area contributed by atoms with Gasteiger partial charge in [-0.25, -0.2) is 4.98 Å². The molecule has 2 heterocycles. The highest BCUT2D eigenvalue weighted by molar-refractivity contribution is 5.96. The Balaban J connectivity index is 1.49. The summed E-state index contributed by atoms with van der Waals surface area (Å²) in [5.74, 6) is 0.322. The number of carbonyl (C=O) groups excluding carboxylic acids is 1. The number of anilines is 1. The maximum absolute atomic E-state index is 13.1. The number of nitrogens with zero attached hydrogens (tertiary/aromatic N) is 3. The van der Waals surface area contributed by atoms with Crippen LogP contribution in [0.3, 0.4) is 0 Å². The van der Waals surface area contributed by atoms with Crippen LogP contribution in [0, 0.1) is 0 Å². The van der Waals surface area contributed by atoms with E-state index in [0.29, 0.717) is 19.0 Å². The van der Waals surface area contributed by atoms with E-state index in [1.165, 1.54) is 0 Å². The predicted octanol–water partition coefficient (Wildman–Crippen LogP) is 2.92. The zero-order valence-electron chi connectivity index (χ0n) is 18.6. The van der Waals surface area contributed by atoms with Gasteiger partial charge in [0.2, 0.25) is 5.88 Å². The second-order valence-corrected chi connectivity index (χ2v) is 8.19. The number of nitrogens with one attached hydrogen (secondary N) is 1. The van der Waals surface area contributed by atoms with Crippen LogP contribution in [0.15, 0.2) is 60.8 Å². The van der Waals surface area contributed by atoms with Crippen LogP contribution < -0.4 is 10.1 Å². The van der Waals surface area contributed by atoms with Crippen molar-refractivity contribution in [1.29, 1.82) is 0 Å². The van der Waals surface area contributed by atoms with Crippen molar-refractivity contribution in [3.05, 3.63) is 66.4 Å². The van der Waals surface area contributed by atoms with Gasteiger partial charge in [-0.2, -0.15) is 0 Å². The number of hydrogen-bond acceptors (Lipinski definition) is 6. The van der Waals surface area contributed by atoms with E-state index in [9.17, 15) is 9.90 Å². The topological polar surface area (TPSA) is 77.9 Å². The molecule has 2 atom stereocenters. The summed E-state index contributed by atoms with van der Waals surface area (Å²) in [7, 11) is 3.66. The second kappa shape index (κ2) is 9.97. The Morgan fingerprint density at radius 3 is 2.62 bits per heavy atom. The fourth-order valence-electron chi connectivity index (χ4n) is 4.24. The van der Waals surface area contributed by atoms with Crippen LogP contribution in [0.25, 0.3) is 10.8 Å². The molecule has 7 heteroatoms. The first-order chi connectivity index (χ1) is 15.6. The van der Waals surface area contributed by atoms with Crippen LogP contribution in [-0.2, 0) is 4.79 Å². The van der Waals surface area contributed by atoms with E-state index in [1.54, 1.807) is 11.1 Å². The number of likely N-dealkylation sites (N-methyl/N-ethyl adjacent to an activating group) is 1. The summed E-state index contributed by atoms with van der Waals surface area (Å²) in [4.78, 5) is 21.5. The zero-order valence-corrected chi connectivity index (χ0v) is 18.6. The third kappa shape index (κ3) is 4.84. The SMILES string of the molecule is CNc1cnc(OCC(=O)N(C)C(CN2CC[C@H](O)C2)c2ccccc2)c2ccccc12. The number of aliphatic hydroxyl groups excluding tert-OH is 1. The van der Waals surface area contributed by atoms with Crippen LogP contribution in [0.4, 0.5) is 5.69 Å². The molecule has 1 aliphatic rings. The summed E-state index contributed by atoms with van der Waals surface area (Å²) in [5, 5.41) is 14.9. The number of amides is 1. The Labute approximate surface area is 188 Å². The molecule has 1 saturated heterocycles. The van der Waals surface area contributed by atoms with E-state index in [2.05, 4.69) is 15.2 Å². The number of aliphatic hydroxyl groups is 1. The maximum Gasteiger partial charge on any atom is 0.260 e. The zero-order chi connectivity index (χ0) is 22.5. The van der Waals surface area contributed by atoms with Crippen molar-refractivity contribution in [1.82, 2.24) is 14.8 Å². The van der Waals surface area contributed by atoms with E-state index in [1.807, 2.05) is 68.7 Å². The molecule has 0 saturated carbocycles. The molecule has 0 bridgehead atoms. The normalized spacial score (nSPS) is 17.3. The van der Waals surface area contributed by atoms with Crippen molar-refractivity contribution in [3.63, 3.8) is 0 Å². The first-order valence-electron chi connectivity index (χ1n) is 11.0. The number of fused-ring (bicyclic) bond motifs is 1. The molecule has 0 spiro atoms. The first kappa shape index (κ1) is 22.0. The van der Waals surface area contributed by atoms with E-state index < -0.39 is 0 Å². The Morgan fingerprint density at radius 1 is 1.22 bits per heavy atom. The van der Waals surface area contributed by atoms with Gasteiger partial charge < -0.3 is 20.1 Å². The van der Waals surface area contributed by atoms with Gasteiger partial charge in [-0.1, -0.05) is 48.5 Å². The molecule has 1 aromatic heterocycles. The standard InChI is InChI=1S/C25H30N4O3/c1-26-22-14-27-25(21-11-7-6-10-20(21)22)32-17-24(31)28(2)23(18-8-4-3-5-9-18)16-29-13-12-19(30)15-29/h3-11,14,19,23,26,30H,12-13,15-17H2,1-2H3/t19-,23?/m0/s1. The number of pyridine rings is 1. The van der Waals surface area contributed by atoms with E-state index in [0.717, 1.165) is 35.0 Å². The number of likely N-dealkylation sites (tertiary alicyclic amines) is 1. The highest BCUT2D eigenvalue weighted by Gasteiger charge is 2.28. The van der Waals surface area contributed by atoms with Gasteiger partial charge in [0, 0.05) is 44.5 Å². The average molecular weight is 435 g/mol. The number of rotatable bonds is 8. The summed E-state index contributed by atoms with van der Waals surface area (Å²) in [6.45, 7) is 2.03. The minimum absolute atomic E-state index is 0.0989. The predicted molar refractivity (Wildman–Crippen MR) is 126 cm³/mol. The molecule has 168 valence electrons. The van der Waals surface area contributed by atoms with Crippen LogP contribution in [-0.4, -0.2) is 72.2 Å². The van der Waals surface area contributed by atoms with Gasteiger partial charge in [-0.3, -0.25) is 9.69 Å². The van der Waals surface area contributed by atoms with Crippen LogP contribution >= 0.6 is 0 Å². The van der Waals surface area contributed by atoms with Crippen molar-refractivity contribution in [2.75, 3.05) is 45.7 Å². The molecule has 7 nitrogen and oxygen atoms in total. The first-order valence-corrected chi connectivity index (χ1v) is 11.0. The molecule has 1 fully saturated rings. The van der Waals surface area contributed by atoms with Crippen molar-refractivity contribution in [2.45, 2.75) is 18.6 Å². The Bertz CT molecular complexity index is 1060. The molecule has 4 rings (SSSR count). The molecule has 0 aliphatic carbocycles. The molecular weight excluding hydrogens is 404 g/mol. The number of hydrogen-bond donors (Lipinski definition) is 2. The lowest BCUT2D eigenvalue weighted by atomic mass is 10.0. The smallest absolute Gasteiger partial charge is 0.260 e. The molecule has 3 aromatic rings. The molecule has 1 unspecified atom stereocenters. The fourth-order valence-corrected chi connectivity index (χ4v) is 4.24. The third-order valence-corrected chi connectivity index (χ3v) is 6.08. The van der Waals surface area contributed by atoms with Crippen LogP contribution in [0.5, 0.6) is 5.88 Å². The average Bonchev–Trinajstić information content (AvgIpc) is 3.25. The van der Waals surface area contributed by atoms with Gasteiger partial charge in [-0.05, 0) is 18.1 Å². The third-order valence-electron chi connectivity index (χ3n) is 6.08. The number of ether oxygens (including phenoxy) is 1. The summed E-state index contributed by atoms with van der Waals surface area (Å²) >= 11 is 0. The van der Waals surface area contributed by atoms with Gasteiger partial charge in [0.1, 0.15) is 0 Å². The van der Waals surface area contributed by atoms with Crippen LogP contribution in [0.1, 0.15) is 18.0 Å². The maximum atomic E-state index is 13.1. The van der Waals surface area contributed by atoms with E-state index in [4.69, 9.17) is 4.74 Å². The van der Waals surface area contributed by atoms with E-state index in [-0.39, 0.29) is 24.7 Å². The Kier molecular flexibility index (Phi) is 6.87. The molecule has 1 amide bonds. The number of aromatic nitrogens is 1. The molecule has 2 aromatic carbocycles. The second-order valence-electron chi connectivity index (χ2n) is 8.19. The minimum atomic E-state index is -0.296. The van der Waals surface area contributed by atoms with Gasteiger partial charge in [0.25, 0.3) is 5.91 Å². The monoisotopic (exact) mass is 434 g/mol. The number of carbonyl (C=O) groups is 1. The Morgan fingerprint density at radius 2 is 1.94 bits per heavy atom. The van der Waals surface area contributed by atoms with Crippen molar-refractivity contribution >= 4 is 22.4 Å². The molecule has 2 N–H and O–H groups in total. The summed E-state index contributed by atoms with van der Waals surface area (Å²) < 4.78 is 5.89. The quantitative estimate of drug-likeness (QED) is 0.568. The van der Waals surface area contributed by atoms with E-state index >= 15 is 0 Å². The van der Waals surface area contributed by atoms with Crippen molar-refractivity contribution in [3.8, 4) is 5.88 Å². The summed E-state index contributed by atoms with van der Waals surface area (Å²) in [5.41, 5.74) is 1.97. The number of β-amino-alcohol motifs (C(OH)–C–C–N with tert-alkyl or cyclic N) is 1. The highest BCUT2D eigenvalue weighted by Crippen LogP contribution is 2.29. The highest BCUT2D eigenvalue weighted by atomic mass is 16.5. The molecule has 1 aliphatic heterocycles. The lowest BCUT2D eigenvalue weighted by molar-refractivity contribution is -0.134. The van der Waals surface area contributed by atoms with Gasteiger partial charge in [-0.15, -0.1) is 0 Å². The fraction of sp³-hybridized carbons (Fsp3) is 0.360.